The summed E-state index contributed by atoms with van der Waals surface area (Å²) in [5.41, 5.74) is 4.84. The number of aromatic nitrogens is 2. The molecular formula is C20H25ClN4O6. The summed E-state index contributed by atoms with van der Waals surface area (Å²) in [7, 11) is 1.47. The van der Waals surface area contributed by atoms with Crippen molar-refractivity contribution in [2.45, 2.75) is 20.4 Å². The largest absolute Gasteiger partial charge is 0.486 e. The maximum Gasteiger partial charge on any atom is 0.330 e. The van der Waals surface area contributed by atoms with Crippen molar-refractivity contribution in [1.29, 1.82) is 0 Å². The van der Waals surface area contributed by atoms with Gasteiger partial charge in [-0.2, -0.15) is 0 Å². The number of nitrogen functional groups attached to an aromatic ring is 1. The third-order valence-corrected chi connectivity index (χ3v) is 4.92. The minimum atomic E-state index is -0.768. The first-order valence-corrected chi connectivity index (χ1v) is 10.1. The summed E-state index contributed by atoms with van der Waals surface area (Å²) in [6, 6.07) is 2.93. The number of ether oxygens (including phenoxy) is 3. The maximum absolute atomic E-state index is 13.4. The molecule has 1 aliphatic heterocycles. The number of halogens is 1. The zero-order valence-corrected chi connectivity index (χ0v) is 18.3. The average molecular weight is 453 g/mol. The minimum absolute atomic E-state index is 0.0224. The molecule has 1 aromatic heterocycles. The Hall–Kier alpha value is -2.98. The Labute approximate surface area is 183 Å². The number of methoxy groups -OCH3 is 1. The summed E-state index contributed by atoms with van der Waals surface area (Å²) in [5.74, 6) is 0.119. The van der Waals surface area contributed by atoms with E-state index < -0.39 is 17.2 Å². The summed E-state index contributed by atoms with van der Waals surface area (Å²) in [5, 5.41) is 0.207. The fourth-order valence-electron chi connectivity index (χ4n) is 3.27. The van der Waals surface area contributed by atoms with Gasteiger partial charge < -0.3 is 19.9 Å². The van der Waals surface area contributed by atoms with Gasteiger partial charge in [0.2, 0.25) is 0 Å². The lowest BCUT2D eigenvalue weighted by atomic mass is 10.1. The molecule has 168 valence electrons. The van der Waals surface area contributed by atoms with Crippen LogP contribution in [0, 0.1) is 5.92 Å². The van der Waals surface area contributed by atoms with Gasteiger partial charge in [-0.1, -0.05) is 25.4 Å². The van der Waals surface area contributed by atoms with E-state index in [4.69, 9.17) is 31.5 Å². The van der Waals surface area contributed by atoms with E-state index in [0.29, 0.717) is 24.7 Å². The number of nitrogens with zero attached hydrogens (tertiary/aromatic N) is 2. The molecule has 0 bridgehead atoms. The molecule has 10 nitrogen and oxygen atoms in total. The summed E-state index contributed by atoms with van der Waals surface area (Å²) < 4.78 is 17.4. The summed E-state index contributed by atoms with van der Waals surface area (Å²) >= 11 is 6.27. The van der Waals surface area contributed by atoms with Gasteiger partial charge in [-0.25, -0.2) is 4.79 Å². The van der Waals surface area contributed by atoms with E-state index in [1.807, 2.05) is 13.8 Å². The Morgan fingerprint density at radius 1 is 1.32 bits per heavy atom. The van der Waals surface area contributed by atoms with Crippen LogP contribution in [-0.2, 0) is 11.3 Å². The zero-order valence-electron chi connectivity index (χ0n) is 17.6. The van der Waals surface area contributed by atoms with Gasteiger partial charge in [0.05, 0.1) is 11.6 Å². The molecule has 1 aromatic carbocycles. The van der Waals surface area contributed by atoms with Gasteiger partial charge in [-0.3, -0.25) is 24.0 Å². The molecule has 0 radical (unpaired) electrons. The standard InChI is InChI=1S/C20H25ClN4O6/c1-11(2)10-25-17(22)15(18(26)23-20(25)28)24(4-5-29-3)19(27)12-8-13(21)16-14(9-12)30-6-7-31-16/h8-9,11H,4-7,10,22H2,1-3H3,(H,23,26,28). The van der Waals surface area contributed by atoms with Crippen molar-refractivity contribution in [1.82, 2.24) is 9.55 Å². The van der Waals surface area contributed by atoms with Crippen molar-refractivity contribution >= 4 is 29.0 Å². The number of nitrogens with one attached hydrogen (secondary N) is 1. The lowest BCUT2D eigenvalue weighted by Gasteiger charge is -2.26. The molecule has 0 spiro atoms. The average Bonchev–Trinajstić information content (AvgIpc) is 2.72. The lowest BCUT2D eigenvalue weighted by molar-refractivity contribution is 0.0974. The first-order valence-electron chi connectivity index (χ1n) is 9.77. The van der Waals surface area contributed by atoms with Crippen LogP contribution in [0.4, 0.5) is 11.5 Å². The number of nitrogens with two attached hydrogens (primary N) is 1. The van der Waals surface area contributed by atoms with E-state index in [1.54, 1.807) is 0 Å². The van der Waals surface area contributed by atoms with Crippen LogP contribution >= 0.6 is 11.6 Å². The summed E-state index contributed by atoms with van der Waals surface area (Å²) in [6.07, 6.45) is 0. The predicted octanol–water partition coefficient (Wildman–Crippen LogP) is 1.49. The number of H-pyrrole nitrogens is 1. The van der Waals surface area contributed by atoms with E-state index in [9.17, 15) is 14.4 Å². The van der Waals surface area contributed by atoms with Crippen molar-refractivity contribution in [2.75, 3.05) is 44.1 Å². The van der Waals surface area contributed by atoms with Gasteiger partial charge in [0, 0.05) is 25.8 Å². The molecule has 11 heteroatoms. The monoisotopic (exact) mass is 452 g/mol. The van der Waals surface area contributed by atoms with Gasteiger partial charge >= 0.3 is 5.69 Å². The van der Waals surface area contributed by atoms with Crippen LogP contribution in [0.25, 0.3) is 0 Å². The molecule has 31 heavy (non-hydrogen) atoms. The Balaban J connectivity index is 2.11. The van der Waals surface area contributed by atoms with Crippen molar-refractivity contribution in [3.05, 3.63) is 43.6 Å². The van der Waals surface area contributed by atoms with Crippen LogP contribution < -0.4 is 31.4 Å². The lowest BCUT2D eigenvalue weighted by Crippen LogP contribution is -2.43. The maximum atomic E-state index is 13.4. The van der Waals surface area contributed by atoms with Crippen LogP contribution in [-0.4, -0.2) is 48.9 Å². The number of aromatic amines is 1. The number of carbonyl (C=O) groups is 1. The number of fused-ring (bicyclic) bond motifs is 1. The third kappa shape index (κ3) is 4.70. The van der Waals surface area contributed by atoms with Gasteiger partial charge in [-0.15, -0.1) is 0 Å². The molecular weight excluding hydrogens is 428 g/mol. The number of amides is 1. The van der Waals surface area contributed by atoms with Crippen LogP contribution in [0.15, 0.2) is 21.7 Å². The second-order valence-electron chi connectivity index (χ2n) is 7.43. The molecule has 3 N–H and O–H groups in total. The summed E-state index contributed by atoms with van der Waals surface area (Å²) in [6.45, 7) is 4.91. The second-order valence-corrected chi connectivity index (χ2v) is 7.84. The minimum Gasteiger partial charge on any atom is -0.486 e. The molecule has 2 aromatic rings. The highest BCUT2D eigenvalue weighted by atomic mass is 35.5. The van der Waals surface area contributed by atoms with Crippen molar-refractivity contribution < 1.29 is 19.0 Å². The third-order valence-electron chi connectivity index (χ3n) is 4.64. The van der Waals surface area contributed by atoms with Gasteiger partial charge in [0.15, 0.2) is 17.2 Å². The predicted molar refractivity (Wildman–Crippen MR) is 117 cm³/mol. The number of hydrogen-bond donors (Lipinski definition) is 2. The number of rotatable bonds is 7. The Bertz CT molecular complexity index is 1090. The normalized spacial score (nSPS) is 12.8. The Morgan fingerprint density at radius 3 is 2.71 bits per heavy atom. The highest BCUT2D eigenvalue weighted by Gasteiger charge is 2.27. The van der Waals surface area contributed by atoms with Gasteiger partial charge in [0.1, 0.15) is 19.0 Å². The highest BCUT2D eigenvalue weighted by Crippen LogP contribution is 2.38. The number of anilines is 2. The second kappa shape index (κ2) is 9.44. The highest BCUT2D eigenvalue weighted by molar-refractivity contribution is 6.33. The Morgan fingerprint density at radius 2 is 2.03 bits per heavy atom. The smallest absolute Gasteiger partial charge is 0.330 e. The quantitative estimate of drug-likeness (QED) is 0.651. The van der Waals surface area contributed by atoms with E-state index in [0.717, 1.165) is 0 Å². The SMILES string of the molecule is COCCN(C(=O)c1cc(Cl)c2c(c1)OCCO2)c1c(N)n(CC(C)C)c(=O)[nH]c1=O. The first kappa shape index (κ1) is 22.7. The van der Waals surface area contributed by atoms with E-state index in [-0.39, 0.29) is 47.7 Å². The van der Waals surface area contributed by atoms with Crippen molar-refractivity contribution in [2.24, 2.45) is 5.92 Å². The molecule has 1 amide bonds. The number of hydrogen-bond acceptors (Lipinski definition) is 7. The fraction of sp³-hybridized carbons (Fsp3) is 0.450. The molecule has 2 heterocycles. The number of carbonyl (C=O) groups excluding carboxylic acids is 1. The molecule has 0 aliphatic carbocycles. The molecule has 0 fully saturated rings. The summed E-state index contributed by atoms with van der Waals surface area (Å²) in [4.78, 5) is 41.8. The zero-order chi connectivity index (χ0) is 22.7. The molecule has 1 aliphatic rings. The van der Waals surface area contributed by atoms with Crippen LogP contribution in [0.2, 0.25) is 5.02 Å². The van der Waals surface area contributed by atoms with E-state index in [1.165, 1.54) is 28.7 Å². The van der Waals surface area contributed by atoms with Gasteiger partial charge in [0.25, 0.3) is 11.5 Å². The van der Waals surface area contributed by atoms with Crippen molar-refractivity contribution in [3.63, 3.8) is 0 Å². The number of benzene rings is 1. The Kier molecular flexibility index (Phi) is 6.91. The molecule has 3 rings (SSSR count). The van der Waals surface area contributed by atoms with Crippen LogP contribution in [0.1, 0.15) is 24.2 Å². The van der Waals surface area contributed by atoms with E-state index >= 15 is 0 Å². The molecule has 0 saturated heterocycles. The van der Waals surface area contributed by atoms with E-state index in [2.05, 4.69) is 4.98 Å². The first-order chi connectivity index (χ1) is 14.7. The molecule has 0 atom stereocenters. The molecule has 0 saturated carbocycles. The van der Waals surface area contributed by atoms with Crippen molar-refractivity contribution in [3.8, 4) is 11.5 Å². The van der Waals surface area contributed by atoms with Crippen LogP contribution in [0.3, 0.4) is 0 Å². The topological polar surface area (TPSA) is 129 Å². The molecule has 0 unspecified atom stereocenters. The van der Waals surface area contributed by atoms with Gasteiger partial charge in [-0.05, 0) is 18.1 Å². The van der Waals surface area contributed by atoms with Crippen LogP contribution in [0.5, 0.6) is 11.5 Å². The fourth-order valence-corrected chi connectivity index (χ4v) is 3.54.